The molecule has 3 heterocycles. The predicted molar refractivity (Wildman–Crippen MR) is 245 cm³/mol. The second kappa shape index (κ2) is 12.0. The molecule has 2 aliphatic rings. The van der Waals surface area contributed by atoms with Gasteiger partial charge in [-0.2, -0.15) is 0 Å². The molecule has 9 aromatic carbocycles. The summed E-state index contributed by atoms with van der Waals surface area (Å²) < 4.78 is 4.75. The van der Waals surface area contributed by atoms with Gasteiger partial charge in [0.15, 0.2) is 0 Å². The van der Waals surface area contributed by atoms with Gasteiger partial charge in [0.25, 0.3) is 0 Å². The molecule has 270 valence electrons. The number of aliphatic imine (C=N–C) groups is 2. The Balaban J connectivity index is 1.10. The van der Waals surface area contributed by atoms with Gasteiger partial charge in [-0.25, -0.2) is 9.98 Å². The summed E-state index contributed by atoms with van der Waals surface area (Å²) in [5, 5.41) is 14.8. The van der Waals surface area contributed by atoms with E-state index in [0.717, 1.165) is 28.0 Å². The molecule has 4 nitrogen and oxygen atoms in total. The van der Waals surface area contributed by atoms with E-state index in [0.29, 0.717) is 5.96 Å². The SMILES string of the molecule is C1=CC2N=C(n3c4ccc(-n5c6ccccc6c6c7ccccc7ccc65)cc4c4c5ccccc5ccc43)N=C(c3cc4ccccc4c4ccccc34)C2C=C1. The van der Waals surface area contributed by atoms with E-state index >= 15 is 0 Å². The lowest BCUT2D eigenvalue weighted by atomic mass is 9.83. The minimum atomic E-state index is -0.0858. The van der Waals surface area contributed by atoms with Crippen LogP contribution >= 0.6 is 0 Å². The molecule has 1 aliphatic carbocycles. The van der Waals surface area contributed by atoms with E-state index in [2.05, 4.69) is 203 Å². The van der Waals surface area contributed by atoms with Crippen LogP contribution in [0.4, 0.5) is 0 Å². The van der Waals surface area contributed by atoms with E-state index in [1.54, 1.807) is 0 Å². The molecule has 0 amide bonds. The van der Waals surface area contributed by atoms with Crippen molar-refractivity contribution in [1.82, 2.24) is 9.13 Å². The lowest BCUT2D eigenvalue weighted by molar-refractivity contribution is 0.703. The molecular weight excluding hydrogens is 705 g/mol. The van der Waals surface area contributed by atoms with Gasteiger partial charge in [-0.15, -0.1) is 0 Å². The standard InChI is InChI=1S/C54H34N4/c1-5-17-38-33(13-1)25-28-49-51(38)43-22-10-12-24-47(43)57(49)36-27-30-48-45(32-36)52-39-18-6-2-14-34(39)26-29-50(52)58(48)54-55-46-23-11-9-21-42(46)53(56-54)44-31-35-15-3-4-16-37(35)40-19-7-8-20-41(40)44/h1-32,42,46H. The fourth-order valence-corrected chi connectivity index (χ4v) is 10.1. The molecule has 0 saturated carbocycles. The predicted octanol–water partition coefficient (Wildman–Crippen LogP) is 13.3. The highest BCUT2D eigenvalue weighted by molar-refractivity contribution is 6.27. The van der Waals surface area contributed by atoms with Gasteiger partial charge >= 0.3 is 0 Å². The largest absolute Gasteiger partial charge is 0.309 e. The van der Waals surface area contributed by atoms with Gasteiger partial charge in [0.05, 0.1) is 33.8 Å². The first-order chi connectivity index (χ1) is 28.8. The van der Waals surface area contributed by atoms with Crippen LogP contribution in [0.25, 0.3) is 92.4 Å². The van der Waals surface area contributed by atoms with E-state index in [4.69, 9.17) is 9.98 Å². The molecule has 0 N–H and O–H groups in total. The highest BCUT2D eigenvalue weighted by Gasteiger charge is 2.32. The molecule has 13 rings (SSSR count). The first-order valence-corrected chi connectivity index (χ1v) is 20.1. The summed E-state index contributed by atoms with van der Waals surface area (Å²) in [6.07, 6.45) is 8.78. The molecule has 0 radical (unpaired) electrons. The third-order valence-corrected chi connectivity index (χ3v) is 12.6. The van der Waals surface area contributed by atoms with Gasteiger partial charge in [0.2, 0.25) is 5.96 Å². The lowest BCUT2D eigenvalue weighted by Crippen LogP contribution is -2.33. The summed E-state index contributed by atoms with van der Waals surface area (Å²) in [6.45, 7) is 0. The number of fused-ring (bicyclic) bond motifs is 14. The Morgan fingerprint density at radius 1 is 0.397 bits per heavy atom. The number of nitrogens with zero attached hydrogens (tertiary/aromatic N) is 4. The smallest absolute Gasteiger partial charge is 0.230 e. The van der Waals surface area contributed by atoms with Gasteiger partial charge in [0.1, 0.15) is 0 Å². The molecule has 2 unspecified atom stereocenters. The van der Waals surface area contributed by atoms with Crippen molar-refractivity contribution in [3.8, 4) is 5.69 Å². The molecule has 0 bridgehead atoms. The average molecular weight is 739 g/mol. The van der Waals surface area contributed by atoms with Gasteiger partial charge in [-0.1, -0.05) is 152 Å². The lowest BCUT2D eigenvalue weighted by Gasteiger charge is -2.29. The number of allylic oxidation sites excluding steroid dienone is 2. The molecule has 0 saturated heterocycles. The van der Waals surface area contributed by atoms with E-state index < -0.39 is 0 Å². The molecule has 0 spiro atoms. The summed E-state index contributed by atoms with van der Waals surface area (Å²) >= 11 is 0. The van der Waals surface area contributed by atoms with E-state index in [-0.39, 0.29) is 12.0 Å². The third kappa shape index (κ3) is 4.40. The van der Waals surface area contributed by atoms with Crippen LogP contribution in [0.5, 0.6) is 0 Å². The molecule has 2 atom stereocenters. The molecule has 0 fully saturated rings. The molecule has 58 heavy (non-hydrogen) atoms. The Bertz CT molecular complexity index is 3700. The maximum atomic E-state index is 5.64. The molecule has 2 aromatic heterocycles. The van der Waals surface area contributed by atoms with Gasteiger partial charge < -0.3 is 4.57 Å². The van der Waals surface area contributed by atoms with Crippen LogP contribution < -0.4 is 0 Å². The number of aromatic nitrogens is 2. The first-order valence-electron chi connectivity index (χ1n) is 20.1. The van der Waals surface area contributed by atoms with E-state index in [1.807, 2.05) is 0 Å². The zero-order valence-corrected chi connectivity index (χ0v) is 31.4. The maximum absolute atomic E-state index is 5.64. The first kappa shape index (κ1) is 31.6. The van der Waals surface area contributed by atoms with Crippen LogP contribution in [0, 0.1) is 5.92 Å². The second-order valence-electron chi connectivity index (χ2n) is 15.7. The Kier molecular flexibility index (Phi) is 6.53. The Morgan fingerprint density at radius 3 is 1.74 bits per heavy atom. The fraction of sp³-hybridized carbons (Fsp3) is 0.0370. The van der Waals surface area contributed by atoms with Crippen molar-refractivity contribution < 1.29 is 0 Å². The number of rotatable bonds is 2. The average Bonchev–Trinajstić information content (AvgIpc) is 3.81. The number of para-hydroxylation sites is 1. The summed E-state index contributed by atoms with van der Waals surface area (Å²) in [5.41, 5.74) is 7.90. The van der Waals surface area contributed by atoms with Crippen LogP contribution in [0.3, 0.4) is 0 Å². The Labute approximate surface area is 333 Å². The number of hydrogen-bond donors (Lipinski definition) is 0. The quantitative estimate of drug-likeness (QED) is 0.158. The van der Waals surface area contributed by atoms with Crippen molar-refractivity contribution in [2.75, 3.05) is 0 Å². The van der Waals surface area contributed by atoms with Crippen molar-refractivity contribution >= 4 is 98.4 Å². The zero-order valence-electron chi connectivity index (χ0n) is 31.4. The van der Waals surface area contributed by atoms with Crippen LogP contribution in [0.15, 0.2) is 204 Å². The zero-order chi connectivity index (χ0) is 37.9. The van der Waals surface area contributed by atoms with Crippen molar-refractivity contribution in [3.05, 3.63) is 200 Å². The number of benzene rings is 9. The maximum Gasteiger partial charge on any atom is 0.230 e. The second-order valence-corrected chi connectivity index (χ2v) is 15.7. The van der Waals surface area contributed by atoms with Gasteiger partial charge in [0, 0.05) is 38.7 Å². The van der Waals surface area contributed by atoms with Crippen LogP contribution in [-0.4, -0.2) is 26.8 Å². The fourth-order valence-electron chi connectivity index (χ4n) is 10.1. The molecule has 4 heteroatoms. The molecule has 11 aromatic rings. The normalized spacial score (nSPS) is 16.7. The van der Waals surface area contributed by atoms with Crippen molar-refractivity contribution in [3.63, 3.8) is 0 Å². The minimum Gasteiger partial charge on any atom is -0.309 e. The molecular formula is C54H34N4. The summed E-state index contributed by atoms with van der Waals surface area (Å²) in [7, 11) is 0. The highest BCUT2D eigenvalue weighted by atomic mass is 15.2. The summed E-state index contributed by atoms with van der Waals surface area (Å²) in [4.78, 5) is 11.1. The monoisotopic (exact) mass is 738 g/mol. The minimum absolute atomic E-state index is 0.0187. The third-order valence-electron chi connectivity index (χ3n) is 12.6. The van der Waals surface area contributed by atoms with Gasteiger partial charge in [-0.3, -0.25) is 4.57 Å². The van der Waals surface area contributed by atoms with E-state index in [1.165, 1.54) is 75.7 Å². The number of hydrogen-bond acceptors (Lipinski definition) is 2. The molecule has 1 aliphatic heterocycles. The van der Waals surface area contributed by atoms with Crippen LogP contribution in [0.2, 0.25) is 0 Å². The van der Waals surface area contributed by atoms with E-state index in [9.17, 15) is 0 Å². The topological polar surface area (TPSA) is 34.6 Å². The van der Waals surface area contributed by atoms with Crippen molar-refractivity contribution in [2.45, 2.75) is 6.04 Å². The summed E-state index contributed by atoms with van der Waals surface area (Å²) in [6, 6.07) is 62.0. The Morgan fingerprint density at radius 2 is 0.966 bits per heavy atom. The Hall–Kier alpha value is -7.56. The van der Waals surface area contributed by atoms with Crippen LogP contribution in [0.1, 0.15) is 5.56 Å². The van der Waals surface area contributed by atoms with Crippen molar-refractivity contribution in [1.29, 1.82) is 0 Å². The summed E-state index contributed by atoms with van der Waals surface area (Å²) in [5.74, 6) is 0.727. The van der Waals surface area contributed by atoms with Crippen molar-refractivity contribution in [2.24, 2.45) is 15.9 Å². The van der Waals surface area contributed by atoms with Crippen LogP contribution in [-0.2, 0) is 0 Å². The highest BCUT2D eigenvalue weighted by Crippen LogP contribution is 2.41. The van der Waals surface area contributed by atoms with Gasteiger partial charge in [-0.05, 0) is 85.6 Å².